The summed E-state index contributed by atoms with van der Waals surface area (Å²) in [5.41, 5.74) is 4.80. The average Bonchev–Trinajstić information content (AvgIpc) is 2.66. The zero-order valence-electron chi connectivity index (χ0n) is 14.0. The van der Waals surface area contributed by atoms with Crippen molar-refractivity contribution < 1.29 is 0 Å². The van der Waals surface area contributed by atoms with E-state index < -0.39 is 0 Å². The van der Waals surface area contributed by atoms with Gasteiger partial charge in [0.05, 0.1) is 5.52 Å². The van der Waals surface area contributed by atoms with Crippen LogP contribution in [0.2, 0.25) is 5.02 Å². The molecule has 0 atom stereocenters. The summed E-state index contributed by atoms with van der Waals surface area (Å²) in [7, 11) is 0. The molecule has 0 saturated carbocycles. The van der Waals surface area contributed by atoms with Gasteiger partial charge in [-0.15, -0.1) is 0 Å². The molecule has 2 N–H and O–H groups in total. The number of anilines is 1. The van der Waals surface area contributed by atoms with E-state index in [9.17, 15) is 4.79 Å². The first-order chi connectivity index (χ1) is 12.7. The van der Waals surface area contributed by atoms with Crippen LogP contribution in [0, 0.1) is 0 Å². The van der Waals surface area contributed by atoms with E-state index in [4.69, 9.17) is 11.6 Å². The SMILES string of the molecule is O=c1cc(NCc2cccc(Cl)c2)c2cc(-c3ccccc3)ccc2[nH]1. The van der Waals surface area contributed by atoms with Crippen molar-refractivity contribution in [2.75, 3.05) is 5.32 Å². The van der Waals surface area contributed by atoms with E-state index >= 15 is 0 Å². The number of fused-ring (bicyclic) bond motifs is 1. The minimum atomic E-state index is -0.126. The van der Waals surface area contributed by atoms with Crippen LogP contribution in [0.4, 0.5) is 5.69 Å². The smallest absolute Gasteiger partial charge is 0.250 e. The van der Waals surface area contributed by atoms with Gasteiger partial charge in [-0.2, -0.15) is 0 Å². The Hall–Kier alpha value is -3.04. The molecule has 4 aromatic rings. The highest BCUT2D eigenvalue weighted by atomic mass is 35.5. The van der Waals surface area contributed by atoms with Gasteiger partial charge in [-0.25, -0.2) is 0 Å². The predicted octanol–water partition coefficient (Wildman–Crippen LogP) is 5.46. The Morgan fingerprint density at radius 3 is 2.50 bits per heavy atom. The summed E-state index contributed by atoms with van der Waals surface area (Å²) >= 11 is 6.05. The summed E-state index contributed by atoms with van der Waals surface area (Å²) in [6, 6.07) is 25.5. The van der Waals surface area contributed by atoms with Gasteiger partial charge in [-0.1, -0.05) is 60.1 Å². The predicted molar refractivity (Wildman–Crippen MR) is 109 cm³/mol. The Balaban J connectivity index is 1.74. The maximum atomic E-state index is 12.0. The second-order valence-corrected chi connectivity index (χ2v) is 6.59. The zero-order valence-corrected chi connectivity index (χ0v) is 14.8. The summed E-state index contributed by atoms with van der Waals surface area (Å²) in [4.78, 5) is 14.9. The van der Waals surface area contributed by atoms with Gasteiger partial charge < -0.3 is 10.3 Å². The van der Waals surface area contributed by atoms with Crippen molar-refractivity contribution in [3.8, 4) is 11.1 Å². The molecule has 0 unspecified atom stereocenters. The average molecular weight is 361 g/mol. The van der Waals surface area contributed by atoms with Crippen molar-refractivity contribution in [3.63, 3.8) is 0 Å². The molecule has 1 heterocycles. The summed E-state index contributed by atoms with van der Waals surface area (Å²) in [6.07, 6.45) is 0. The lowest BCUT2D eigenvalue weighted by Crippen LogP contribution is -2.08. The number of hydrogen-bond donors (Lipinski definition) is 2. The van der Waals surface area contributed by atoms with Crippen LogP contribution in [0.1, 0.15) is 5.56 Å². The van der Waals surface area contributed by atoms with Crippen LogP contribution in [0.5, 0.6) is 0 Å². The van der Waals surface area contributed by atoms with Crippen molar-refractivity contribution in [2.45, 2.75) is 6.54 Å². The van der Waals surface area contributed by atoms with E-state index in [1.165, 1.54) is 0 Å². The molecule has 4 rings (SSSR count). The van der Waals surface area contributed by atoms with Crippen molar-refractivity contribution in [1.29, 1.82) is 0 Å². The van der Waals surface area contributed by atoms with Crippen molar-refractivity contribution in [3.05, 3.63) is 99.8 Å². The quantitative estimate of drug-likeness (QED) is 0.507. The molecule has 3 nitrogen and oxygen atoms in total. The molecule has 0 aliphatic rings. The highest BCUT2D eigenvalue weighted by molar-refractivity contribution is 6.30. The molecule has 128 valence electrons. The molecule has 0 aliphatic carbocycles. The van der Waals surface area contributed by atoms with Crippen molar-refractivity contribution in [2.24, 2.45) is 0 Å². The summed E-state index contributed by atoms with van der Waals surface area (Å²) in [6.45, 7) is 0.592. The molecule has 26 heavy (non-hydrogen) atoms. The second-order valence-electron chi connectivity index (χ2n) is 6.16. The molecule has 0 aliphatic heterocycles. The van der Waals surface area contributed by atoms with Crippen LogP contribution in [0.3, 0.4) is 0 Å². The monoisotopic (exact) mass is 360 g/mol. The summed E-state index contributed by atoms with van der Waals surface area (Å²) < 4.78 is 0. The number of rotatable bonds is 4. The number of halogens is 1. The van der Waals surface area contributed by atoms with Gasteiger partial charge in [0.15, 0.2) is 0 Å². The van der Waals surface area contributed by atoms with Gasteiger partial charge in [0.2, 0.25) is 5.56 Å². The molecule has 3 aromatic carbocycles. The standard InChI is InChI=1S/C22H17ClN2O/c23-18-8-4-5-15(11-18)14-24-21-13-22(26)25-20-10-9-17(12-19(20)21)16-6-2-1-3-7-16/h1-13H,14H2,(H2,24,25,26). The van der Waals surface area contributed by atoms with Gasteiger partial charge in [0, 0.05) is 28.7 Å². The molecular weight excluding hydrogens is 344 g/mol. The lowest BCUT2D eigenvalue weighted by Gasteiger charge is -2.11. The lowest BCUT2D eigenvalue weighted by atomic mass is 10.0. The van der Waals surface area contributed by atoms with Gasteiger partial charge >= 0.3 is 0 Å². The number of H-pyrrole nitrogens is 1. The Morgan fingerprint density at radius 1 is 0.846 bits per heavy atom. The Kier molecular flexibility index (Phi) is 4.46. The van der Waals surface area contributed by atoms with E-state index in [0.29, 0.717) is 11.6 Å². The van der Waals surface area contributed by atoms with Crippen LogP contribution in [-0.4, -0.2) is 4.98 Å². The van der Waals surface area contributed by atoms with Crippen molar-refractivity contribution >= 4 is 28.2 Å². The third-order valence-corrected chi connectivity index (χ3v) is 4.56. The van der Waals surface area contributed by atoms with E-state index in [1.54, 1.807) is 6.07 Å². The topological polar surface area (TPSA) is 44.9 Å². The number of nitrogens with one attached hydrogen (secondary N) is 2. The number of pyridine rings is 1. The fourth-order valence-electron chi connectivity index (χ4n) is 3.05. The number of aromatic nitrogens is 1. The molecule has 1 aromatic heterocycles. The highest BCUT2D eigenvalue weighted by Gasteiger charge is 2.06. The maximum absolute atomic E-state index is 12.0. The Labute approximate surface area is 156 Å². The molecule has 0 fully saturated rings. The molecular formula is C22H17ClN2O. The molecule has 0 saturated heterocycles. The molecule has 0 bridgehead atoms. The second kappa shape index (κ2) is 7.06. The maximum Gasteiger partial charge on any atom is 0.250 e. The van der Waals surface area contributed by atoms with Gasteiger partial charge in [0.1, 0.15) is 0 Å². The normalized spacial score (nSPS) is 10.8. The van der Waals surface area contributed by atoms with Gasteiger partial charge in [0.25, 0.3) is 0 Å². The van der Waals surface area contributed by atoms with Gasteiger partial charge in [-0.3, -0.25) is 4.79 Å². The first kappa shape index (κ1) is 16.4. The van der Waals surface area contributed by atoms with Crippen LogP contribution in [-0.2, 0) is 6.54 Å². The molecule has 0 amide bonds. The molecule has 4 heteroatoms. The fourth-order valence-corrected chi connectivity index (χ4v) is 3.27. The summed E-state index contributed by atoms with van der Waals surface area (Å²) in [5.74, 6) is 0. The Morgan fingerprint density at radius 2 is 1.69 bits per heavy atom. The minimum Gasteiger partial charge on any atom is -0.380 e. The molecule has 0 radical (unpaired) electrons. The largest absolute Gasteiger partial charge is 0.380 e. The van der Waals surface area contributed by atoms with Crippen molar-refractivity contribution in [1.82, 2.24) is 4.98 Å². The first-order valence-electron chi connectivity index (χ1n) is 8.40. The first-order valence-corrected chi connectivity index (χ1v) is 8.78. The van der Waals surface area contributed by atoms with Crippen LogP contribution in [0.25, 0.3) is 22.0 Å². The summed E-state index contributed by atoms with van der Waals surface area (Å²) in [5, 5.41) is 5.05. The van der Waals surface area contributed by atoms with Crippen LogP contribution in [0.15, 0.2) is 83.7 Å². The minimum absolute atomic E-state index is 0.126. The third-order valence-electron chi connectivity index (χ3n) is 4.32. The van der Waals surface area contributed by atoms with E-state index in [1.807, 2.05) is 54.6 Å². The van der Waals surface area contributed by atoms with E-state index in [-0.39, 0.29) is 5.56 Å². The lowest BCUT2D eigenvalue weighted by molar-refractivity contribution is 1.15. The molecule has 0 spiro atoms. The Bertz CT molecular complexity index is 1120. The third kappa shape index (κ3) is 3.48. The zero-order chi connectivity index (χ0) is 17.9. The number of aromatic amines is 1. The number of benzene rings is 3. The number of hydrogen-bond acceptors (Lipinski definition) is 2. The highest BCUT2D eigenvalue weighted by Crippen LogP contribution is 2.27. The fraction of sp³-hybridized carbons (Fsp3) is 0.0455. The van der Waals surface area contributed by atoms with Crippen LogP contribution < -0.4 is 10.9 Å². The van der Waals surface area contributed by atoms with E-state index in [0.717, 1.165) is 33.3 Å². The van der Waals surface area contributed by atoms with E-state index in [2.05, 4.69) is 28.5 Å². The van der Waals surface area contributed by atoms with Gasteiger partial charge in [-0.05, 0) is 41.0 Å². The van der Waals surface area contributed by atoms with Crippen LogP contribution >= 0.6 is 11.6 Å².